The normalized spacial score (nSPS) is 13.9. The summed E-state index contributed by atoms with van der Waals surface area (Å²) in [4.78, 5) is 0. The van der Waals surface area contributed by atoms with Gasteiger partial charge in [0.15, 0.2) is 0 Å². The molecule has 2 aromatic rings. The van der Waals surface area contributed by atoms with E-state index in [1.165, 1.54) is 17.7 Å². The quantitative estimate of drug-likeness (QED) is 0.767. The van der Waals surface area contributed by atoms with Gasteiger partial charge in [0.05, 0.1) is 11.1 Å². The molecule has 2 rings (SSSR count). The molecule has 2 aromatic carbocycles. The molecule has 0 aliphatic rings. The van der Waals surface area contributed by atoms with Gasteiger partial charge in [0.1, 0.15) is 5.75 Å². The van der Waals surface area contributed by atoms with Crippen LogP contribution in [0.4, 0.5) is 0 Å². The molecule has 0 aliphatic heterocycles. The molecule has 0 amide bonds. The van der Waals surface area contributed by atoms with Crippen LogP contribution in [-0.2, 0) is 6.42 Å². The van der Waals surface area contributed by atoms with Crippen molar-refractivity contribution in [3.63, 3.8) is 0 Å². The monoisotopic (exact) mass is 305 g/mol. The van der Waals surface area contributed by atoms with E-state index in [-0.39, 0.29) is 11.8 Å². The molecule has 0 aromatic heterocycles. The third-order valence-corrected chi connectivity index (χ3v) is 3.71. The SMILES string of the molecule is CC(Cc1ccccc1)NC[C@H](O)c1ccc(O)cc1Cl. The zero-order valence-electron chi connectivity index (χ0n) is 12.0. The second-order valence-electron chi connectivity index (χ2n) is 5.22. The van der Waals surface area contributed by atoms with E-state index in [9.17, 15) is 10.2 Å². The van der Waals surface area contributed by atoms with Crippen molar-refractivity contribution in [1.82, 2.24) is 5.32 Å². The van der Waals surface area contributed by atoms with Gasteiger partial charge in [-0.25, -0.2) is 0 Å². The Morgan fingerprint density at radius 2 is 1.86 bits per heavy atom. The summed E-state index contributed by atoms with van der Waals surface area (Å²) >= 11 is 6.02. The minimum absolute atomic E-state index is 0.0985. The van der Waals surface area contributed by atoms with E-state index in [4.69, 9.17) is 11.6 Å². The fourth-order valence-electron chi connectivity index (χ4n) is 2.25. The standard InChI is InChI=1S/C17H20ClNO2/c1-12(9-13-5-3-2-4-6-13)19-11-17(21)15-8-7-14(20)10-16(15)18/h2-8,10,12,17,19-21H,9,11H2,1H3/t12?,17-/m0/s1. The molecule has 2 atom stereocenters. The molecule has 0 spiro atoms. The van der Waals surface area contributed by atoms with E-state index in [1.54, 1.807) is 6.07 Å². The summed E-state index contributed by atoms with van der Waals surface area (Å²) in [6, 6.07) is 15.1. The highest BCUT2D eigenvalue weighted by atomic mass is 35.5. The van der Waals surface area contributed by atoms with Crippen molar-refractivity contribution in [3.05, 3.63) is 64.7 Å². The van der Waals surface area contributed by atoms with E-state index in [2.05, 4.69) is 24.4 Å². The molecule has 4 heteroatoms. The van der Waals surface area contributed by atoms with Gasteiger partial charge in [-0.3, -0.25) is 0 Å². The van der Waals surface area contributed by atoms with E-state index in [1.807, 2.05) is 18.2 Å². The van der Waals surface area contributed by atoms with Crippen molar-refractivity contribution in [3.8, 4) is 5.75 Å². The van der Waals surface area contributed by atoms with Gasteiger partial charge in [-0.15, -0.1) is 0 Å². The van der Waals surface area contributed by atoms with Crippen molar-refractivity contribution < 1.29 is 10.2 Å². The van der Waals surface area contributed by atoms with E-state index >= 15 is 0 Å². The third-order valence-electron chi connectivity index (χ3n) is 3.39. The van der Waals surface area contributed by atoms with E-state index in [0.717, 1.165) is 6.42 Å². The topological polar surface area (TPSA) is 52.5 Å². The summed E-state index contributed by atoms with van der Waals surface area (Å²) in [5.41, 5.74) is 1.88. The Morgan fingerprint density at radius 1 is 1.14 bits per heavy atom. The first-order chi connectivity index (χ1) is 10.1. The second-order valence-corrected chi connectivity index (χ2v) is 5.63. The molecule has 0 aliphatic carbocycles. The average Bonchev–Trinajstić information content (AvgIpc) is 2.46. The van der Waals surface area contributed by atoms with Crippen molar-refractivity contribution >= 4 is 11.6 Å². The van der Waals surface area contributed by atoms with Crippen molar-refractivity contribution in [1.29, 1.82) is 0 Å². The number of hydrogen-bond acceptors (Lipinski definition) is 3. The first-order valence-corrected chi connectivity index (χ1v) is 7.38. The van der Waals surface area contributed by atoms with Crippen LogP contribution in [0, 0.1) is 0 Å². The Morgan fingerprint density at radius 3 is 2.52 bits per heavy atom. The van der Waals surface area contributed by atoms with Gasteiger partial charge in [0, 0.05) is 18.2 Å². The Labute approximate surface area is 130 Å². The Balaban J connectivity index is 1.87. The summed E-state index contributed by atoms with van der Waals surface area (Å²) in [7, 11) is 0. The highest BCUT2D eigenvalue weighted by Gasteiger charge is 2.13. The molecule has 21 heavy (non-hydrogen) atoms. The van der Waals surface area contributed by atoms with Crippen LogP contribution < -0.4 is 5.32 Å². The molecule has 0 heterocycles. The number of benzene rings is 2. The zero-order chi connectivity index (χ0) is 15.2. The molecule has 0 radical (unpaired) electrons. The molecular formula is C17H20ClNO2. The highest BCUT2D eigenvalue weighted by molar-refractivity contribution is 6.31. The minimum Gasteiger partial charge on any atom is -0.508 e. The Hall–Kier alpha value is -1.55. The summed E-state index contributed by atoms with van der Waals surface area (Å²) in [6.45, 7) is 2.50. The van der Waals surface area contributed by atoms with Crippen LogP contribution >= 0.6 is 11.6 Å². The fraction of sp³-hybridized carbons (Fsp3) is 0.294. The van der Waals surface area contributed by atoms with Gasteiger partial charge in [-0.05, 0) is 31.0 Å². The largest absolute Gasteiger partial charge is 0.508 e. The van der Waals surface area contributed by atoms with E-state index < -0.39 is 6.10 Å². The number of aromatic hydroxyl groups is 1. The van der Waals surface area contributed by atoms with Crippen molar-refractivity contribution in [2.45, 2.75) is 25.5 Å². The molecule has 0 fully saturated rings. The maximum atomic E-state index is 10.2. The van der Waals surface area contributed by atoms with Gasteiger partial charge in [0.2, 0.25) is 0 Å². The summed E-state index contributed by atoms with van der Waals surface area (Å²) in [6.07, 6.45) is 0.202. The van der Waals surface area contributed by atoms with Gasteiger partial charge < -0.3 is 15.5 Å². The van der Waals surface area contributed by atoms with Crippen molar-refractivity contribution in [2.24, 2.45) is 0 Å². The number of aliphatic hydroxyl groups is 1. The highest BCUT2D eigenvalue weighted by Crippen LogP contribution is 2.26. The van der Waals surface area contributed by atoms with Gasteiger partial charge in [0.25, 0.3) is 0 Å². The van der Waals surface area contributed by atoms with Crippen LogP contribution in [0.3, 0.4) is 0 Å². The smallest absolute Gasteiger partial charge is 0.117 e. The first kappa shape index (κ1) is 15.8. The number of phenols is 1. The summed E-state index contributed by atoms with van der Waals surface area (Å²) in [5, 5.41) is 23.2. The maximum absolute atomic E-state index is 10.2. The minimum atomic E-state index is -0.698. The lowest BCUT2D eigenvalue weighted by Crippen LogP contribution is -2.32. The lowest BCUT2D eigenvalue weighted by Gasteiger charge is -2.18. The average molecular weight is 306 g/mol. The number of hydrogen-bond donors (Lipinski definition) is 3. The van der Waals surface area contributed by atoms with Gasteiger partial charge in [-0.1, -0.05) is 48.0 Å². The lowest BCUT2D eigenvalue weighted by atomic mass is 10.1. The number of aliphatic hydroxyl groups excluding tert-OH is 1. The predicted molar refractivity (Wildman–Crippen MR) is 85.7 cm³/mol. The molecule has 0 bridgehead atoms. The van der Waals surface area contributed by atoms with Crippen LogP contribution in [0.2, 0.25) is 5.02 Å². The Bertz CT molecular complexity index is 574. The van der Waals surface area contributed by atoms with Gasteiger partial charge >= 0.3 is 0 Å². The molecule has 3 nitrogen and oxygen atoms in total. The van der Waals surface area contributed by atoms with Crippen LogP contribution in [-0.4, -0.2) is 22.8 Å². The van der Waals surface area contributed by atoms with Crippen LogP contribution in [0.1, 0.15) is 24.2 Å². The van der Waals surface area contributed by atoms with Crippen LogP contribution in [0.25, 0.3) is 0 Å². The maximum Gasteiger partial charge on any atom is 0.117 e. The van der Waals surface area contributed by atoms with Crippen molar-refractivity contribution in [2.75, 3.05) is 6.54 Å². The number of nitrogens with one attached hydrogen (secondary N) is 1. The van der Waals surface area contributed by atoms with Crippen LogP contribution in [0.5, 0.6) is 5.75 Å². The fourth-order valence-corrected chi connectivity index (χ4v) is 2.55. The predicted octanol–water partition coefficient (Wildman–Crippen LogP) is 3.30. The van der Waals surface area contributed by atoms with Crippen LogP contribution in [0.15, 0.2) is 48.5 Å². The molecule has 0 saturated carbocycles. The number of halogens is 1. The molecule has 0 saturated heterocycles. The number of rotatable bonds is 6. The molecule has 3 N–H and O–H groups in total. The van der Waals surface area contributed by atoms with E-state index in [0.29, 0.717) is 17.1 Å². The molecular weight excluding hydrogens is 286 g/mol. The lowest BCUT2D eigenvalue weighted by molar-refractivity contribution is 0.170. The first-order valence-electron chi connectivity index (χ1n) is 7.00. The zero-order valence-corrected chi connectivity index (χ0v) is 12.7. The number of phenolic OH excluding ortho intramolecular Hbond substituents is 1. The second kappa shape index (κ2) is 7.46. The summed E-state index contributed by atoms with van der Waals surface area (Å²) < 4.78 is 0. The third kappa shape index (κ3) is 4.74. The van der Waals surface area contributed by atoms with Gasteiger partial charge in [-0.2, -0.15) is 0 Å². The Kier molecular flexibility index (Phi) is 5.62. The molecule has 1 unspecified atom stereocenters. The summed E-state index contributed by atoms with van der Waals surface area (Å²) in [5.74, 6) is 0.0985. The molecule has 112 valence electrons.